The minimum atomic E-state index is -0.175. The normalized spacial score (nSPS) is 9.94. The molecule has 0 saturated heterocycles. The molecular formula is C10H11N5OS. The van der Waals surface area contributed by atoms with Gasteiger partial charge < -0.3 is 10.6 Å². The van der Waals surface area contributed by atoms with Crippen molar-refractivity contribution in [1.29, 1.82) is 0 Å². The summed E-state index contributed by atoms with van der Waals surface area (Å²) in [6, 6.07) is 1.73. The lowest BCUT2D eigenvalue weighted by molar-refractivity contribution is 0.0951. The molecule has 0 fully saturated rings. The first kappa shape index (κ1) is 11.5. The molecule has 0 unspecified atom stereocenters. The van der Waals surface area contributed by atoms with Crippen molar-refractivity contribution in [1.82, 2.24) is 20.3 Å². The van der Waals surface area contributed by atoms with Gasteiger partial charge in [-0.1, -0.05) is 0 Å². The van der Waals surface area contributed by atoms with E-state index in [0.717, 1.165) is 0 Å². The summed E-state index contributed by atoms with van der Waals surface area (Å²) in [6.07, 6.45) is 3.27. The Labute approximate surface area is 102 Å². The molecule has 88 valence electrons. The number of carbonyl (C=O) groups excluding carboxylic acids is 1. The van der Waals surface area contributed by atoms with Crippen LogP contribution in [0.1, 0.15) is 17.4 Å². The first-order valence-corrected chi connectivity index (χ1v) is 5.95. The first-order valence-electron chi connectivity index (χ1n) is 5.07. The van der Waals surface area contributed by atoms with E-state index in [2.05, 4.69) is 25.6 Å². The Hall–Kier alpha value is -2.02. The highest BCUT2D eigenvalue weighted by molar-refractivity contribution is 7.14. The summed E-state index contributed by atoms with van der Waals surface area (Å²) in [5, 5.41) is 7.90. The Morgan fingerprint density at radius 3 is 2.88 bits per heavy atom. The van der Waals surface area contributed by atoms with Crippen LogP contribution in [-0.4, -0.2) is 27.4 Å². The van der Waals surface area contributed by atoms with E-state index in [1.165, 1.54) is 11.3 Å². The molecule has 0 aliphatic rings. The number of aromatic nitrogens is 3. The van der Waals surface area contributed by atoms with Crippen molar-refractivity contribution in [3.63, 3.8) is 0 Å². The third-order valence-corrected chi connectivity index (χ3v) is 2.62. The largest absolute Gasteiger partial charge is 0.351 e. The van der Waals surface area contributed by atoms with Crippen molar-refractivity contribution < 1.29 is 4.79 Å². The maximum Gasteiger partial charge on any atom is 0.270 e. The van der Waals surface area contributed by atoms with Crippen molar-refractivity contribution >= 4 is 28.3 Å². The van der Waals surface area contributed by atoms with Gasteiger partial charge in [0.1, 0.15) is 5.69 Å². The van der Waals surface area contributed by atoms with Gasteiger partial charge in [0, 0.05) is 24.3 Å². The lowest BCUT2D eigenvalue weighted by Gasteiger charge is -1.98. The number of rotatable bonds is 4. The number of anilines is 2. The fourth-order valence-corrected chi connectivity index (χ4v) is 1.83. The van der Waals surface area contributed by atoms with E-state index < -0.39 is 0 Å². The van der Waals surface area contributed by atoms with Crippen LogP contribution in [-0.2, 0) is 0 Å². The van der Waals surface area contributed by atoms with Gasteiger partial charge in [-0.3, -0.25) is 4.79 Å². The fourth-order valence-electron chi connectivity index (χ4n) is 1.15. The molecule has 2 aromatic heterocycles. The number of nitrogens with zero attached hydrogens (tertiary/aromatic N) is 3. The molecule has 0 aromatic carbocycles. The Balaban J connectivity index is 2.06. The average Bonchev–Trinajstić information content (AvgIpc) is 2.79. The zero-order valence-corrected chi connectivity index (χ0v) is 9.99. The highest BCUT2D eigenvalue weighted by Gasteiger charge is 2.09. The highest BCUT2D eigenvalue weighted by atomic mass is 32.1. The molecule has 0 radical (unpaired) electrons. The molecule has 6 nitrogen and oxygen atoms in total. The van der Waals surface area contributed by atoms with Crippen LogP contribution in [0, 0.1) is 0 Å². The van der Waals surface area contributed by atoms with Crippen LogP contribution >= 0.6 is 11.3 Å². The first-order chi connectivity index (χ1) is 8.29. The zero-order valence-electron chi connectivity index (χ0n) is 9.17. The van der Waals surface area contributed by atoms with Gasteiger partial charge in [-0.05, 0) is 13.0 Å². The summed E-state index contributed by atoms with van der Waals surface area (Å²) in [6.45, 7) is 2.45. The summed E-state index contributed by atoms with van der Waals surface area (Å²) in [7, 11) is 0. The maximum atomic E-state index is 11.5. The van der Waals surface area contributed by atoms with E-state index in [-0.39, 0.29) is 5.91 Å². The van der Waals surface area contributed by atoms with Gasteiger partial charge >= 0.3 is 0 Å². The standard InChI is InChI=1S/C10H11N5OS/c1-2-11-8(16)7-6-17-10(14-7)15-9-12-4-3-5-13-9/h3-6H,2H2,1H3,(H,11,16)(H,12,13,14,15). The van der Waals surface area contributed by atoms with Crippen LogP contribution in [0.5, 0.6) is 0 Å². The lowest BCUT2D eigenvalue weighted by Crippen LogP contribution is -2.22. The third kappa shape index (κ3) is 2.97. The second-order valence-corrected chi connectivity index (χ2v) is 3.95. The summed E-state index contributed by atoms with van der Waals surface area (Å²) >= 11 is 1.34. The molecule has 2 heterocycles. The molecule has 0 aliphatic heterocycles. The molecule has 2 rings (SSSR count). The van der Waals surface area contributed by atoms with Gasteiger partial charge in [0.05, 0.1) is 0 Å². The van der Waals surface area contributed by atoms with E-state index in [1.54, 1.807) is 23.8 Å². The van der Waals surface area contributed by atoms with Crippen molar-refractivity contribution in [2.45, 2.75) is 6.92 Å². The summed E-state index contributed by atoms with van der Waals surface area (Å²) < 4.78 is 0. The van der Waals surface area contributed by atoms with Crippen LogP contribution in [0.3, 0.4) is 0 Å². The smallest absolute Gasteiger partial charge is 0.270 e. The molecule has 1 amide bonds. The SMILES string of the molecule is CCNC(=O)c1csc(Nc2ncccn2)n1. The van der Waals surface area contributed by atoms with Crippen LogP contribution in [0.15, 0.2) is 23.8 Å². The van der Waals surface area contributed by atoms with E-state index in [0.29, 0.717) is 23.3 Å². The van der Waals surface area contributed by atoms with Crippen LogP contribution in [0.4, 0.5) is 11.1 Å². The lowest BCUT2D eigenvalue weighted by atomic mass is 10.4. The Morgan fingerprint density at radius 2 is 2.18 bits per heavy atom. The minimum Gasteiger partial charge on any atom is -0.351 e. The quantitative estimate of drug-likeness (QED) is 0.856. The number of thiazole rings is 1. The second-order valence-electron chi connectivity index (χ2n) is 3.09. The predicted molar refractivity (Wildman–Crippen MR) is 65.4 cm³/mol. The Bertz CT molecular complexity index is 498. The van der Waals surface area contributed by atoms with Crippen LogP contribution in [0.2, 0.25) is 0 Å². The summed E-state index contributed by atoms with van der Waals surface area (Å²) in [5.74, 6) is 0.287. The molecule has 17 heavy (non-hydrogen) atoms. The molecule has 2 aromatic rings. The topological polar surface area (TPSA) is 79.8 Å². The van der Waals surface area contributed by atoms with Crippen LogP contribution < -0.4 is 10.6 Å². The molecule has 0 spiro atoms. The Kier molecular flexibility index (Phi) is 3.61. The van der Waals surface area contributed by atoms with E-state index in [1.807, 2.05) is 6.92 Å². The van der Waals surface area contributed by atoms with Gasteiger partial charge in [-0.2, -0.15) is 0 Å². The van der Waals surface area contributed by atoms with E-state index >= 15 is 0 Å². The zero-order chi connectivity index (χ0) is 12.1. The molecule has 7 heteroatoms. The van der Waals surface area contributed by atoms with Crippen molar-refractivity contribution in [3.05, 3.63) is 29.5 Å². The number of amides is 1. The second kappa shape index (κ2) is 5.35. The van der Waals surface area contributed by atoms with Crippen molar-refractivity contribution in [2.75, 3.05) is 11.9 Å². The maximum absolute atomic E-state index is 11.5. The molecule has 0 bridgehead atoms. The van der Waals surface area contributed by atoms with Crippen molar-refractivity contribution in [2.24, 2.45) is 0 Å². The fraction of sp³-hybridized carbons (Fsp3) is 0.200. The van der Waals surface area contributed by atoms with Gasteiger partial charge in [0.25, 0.3) is 5.91 Å². The van der Waals surface area contributed by atoms with Gasteiger partial charge in [-0.25, -0.2) is 15.0 Å². The number of carbonyl (C=O) groups is 1. The predicted octanol–water partition coefficient (Wildman–Crippen LogP) is 1.43. The number of hydrogen-bond acceptors (Lipinski definition) is 6. The summed E-state index contributed by atoms with van der Waals surface area (Å²) in [4.78, 5) is 23.6. The van der Waals surface area contributed by atoms with Crippen molar-refractivity contribution in [3.8, 4) is 0 Å². The van der Waals surface area contributed by atoms with Gasteiger partial charge in [0.2, 0.25) is 5.95 Å². The monoisotopic (exact) mass is 249 g/mol. The van der Waals surface area contributed by atoms with E-state index in [9.17, 15) is 4.79 Å². The highest BCUT2D eigenvalue weighted by Crippen LogP contribution is 2.18. The summed E-state index contributed by atoms with van der Waals surface area (Å²) in [5.41, 5.74) is 0.398. The molecule has 0 saturated carbocycles. The van der Waals surface area contributed by atoms with Gasteiger partial charge in [0.15, 0.2) is 5.13 Å². The number of nitrogens with one attached hydrogen (secondary N) is 2. The molecule has 0 atom stereocenters. The molecule has 0 aliphatic carbocycles. The van der Waals surface area contributed by atoms with Gasteiger partial charge in [-0.15, -0.1) is 11.3 Å². The Morgan fingerprint density at radius 1 is 1.41 bits per heavy atom. The number of hydrogen-bond donors (Lipinski definition) is 2. The molecule has 2 N–H and O–H groups in total. The average molecular weight is 249 g/mol. The van der Waals surface area contributed by atoms with Crippen LogP contribution in [0.25, 0.3) is 0 Å². The minimum absolute atomic E-state index is 0.175. The van der Waals surface area contributed by atoms with E-state index in [4.69, 9.17) is 0 Å². The third-order valence-electron chi connectivity index (χ3n) is 1.86. The molecular weight excluding hydrogens is 238 g/mol.